The van der Waals surface area contributed by atoms with E-state index in [1.807, 2.05) is 24.3 Å². The van der Waals surface area contributed by atoms with Gasteiger partial charge in [0.25, 0.3) is 5.91 Å². The van der Waals surface area contributed by atoms with Crippen molar-refractivity contribution < 1.29 is 19.1 Å². The standard InChI is InChI=1S/C18H25NO4/c1-4-14-7-5-6-8-16(14)23-13(2)17(20)19-11-9-15(10-12-19)18(21)22-3/h5-8,13,15H,4,9-12H2,1-3H3/t13-/m0/s1. The van der Waals surface area contributed by atoms with Crippen LogP contribution in [0.5, 0.6) is 5.75 Å². The first-order valence-corrected chi connectivity index (χ1v) is 8.18. The molecule has 0 radical (unpaired) electrons. The minimum Gasteiger partial charge on any atom is -0.481 e. The molecule has 0 N–H and O–H groups in total. The Kier molecular flexibility index (Phi) is 6.02. The quantitative estimate of drug-likeness (QED) is 0.782. The first-order valence-electron chi connectivity index (χ1n) is 8.18. The molecule has 1 saturated heterocycles. The van der Waals surface area contributed by atoms with Crippen LogP contribution < -0.4 is 4.74 Å². The molecule has 5 heteroatoms. The highest BCUT2D eigenvalue weighted by Crippen LogP contribution is 2.22. The molecule has 23 heavy (non-hydrogen) atoms. The van der Waals surface area contributed by atoms with Gasteiger partial charge in [-0.1, -0.05) is 25.1 Å². The number of likely N-dealkylation sites (tertiary alicyclic amines) is 1. The lowest BCUT2D eigenvalue weighted by atomic mass is 9.97. The van der Waals surface area contributed by atoms with Gasteiger partial charge >= 0.3 is 5.97 Å². The lowest BCUT2D eigenvalue weighted by Gasteiger charge is -2.32. The second-order valence-corrected chi connectivity index (χ2v) is 5.84. The van der Waals surface area contributed by atoms with E-state index in [9.17, 15) is 9.59 Å². The number of carbonyl (C=O) groups is 2. The van der Waals surface area contributed by atoms with Gasteiger partial charge < -0.3 is 14.4 Å². The molecule has 1 aromatic carbocycles. The van der Waals surface area contributed by atoms with Gasteiger partial charge in [-0.2, -0.15) is 0 Å². The number of piperidine rings is 1. The van der Waals surface area contributed by atoms with E-state index in [2.05, 4.69) is 6.92 Å². The van der Waals surface area contributed by atoms with Crippen molar-refractivity contribution >= 4 is 11.9 Å². The average Bonchev–Trinajstić information content (AvgIpc) is 2.61. The van der Waals surface area contributed by atoms with Crippen LogP contribution in [0.3, 0.4) is 0 Å². The second-order valence-electron chi connectivity index (χ2n) is 5.84. The fourth-order valence-electron chi connectivity index (χ4n) is 2.91. The number of hydrogen-bond acceptors (Lipinski definition) is 4. The van der Waals surface area contributed by atoms with Crippen molar-refractivity contribution in [2.45, 2.75) is 39.2 Å². The topological polar surface area (TPSA) is 55.8 Å². The van der Waals surface area contributed by atoms with Crippen LogP contribution in [0.2, 0.25) is 0 Å². The third kappa shape index (κ3) is 4.24. The van der Waals surface area contributed by atoms with Crippen molar-refractivity contribution in [1.82, 2.24) is 4.90 Å². The summed E-state index contributed by atoms with van der Waals surface area (Å²) in [6.45, 7) is 4.98. The predicted octanol–water partition coefficient (Wildman–Crippen LogP) is 2.43. The maximum Gasteiger partial charge on any atom is 0.308 e. The number of ether oxygens (including phenoxy) is 2. The van der Waals surface area contributed by atoms with Crippen LogP contribution in [0.15, 0.2) is 24.3 Å². The SMILES string of the molecule is CCc1ccccc1O[C@@H](C)C(=O)N1CCC(C(=O)OC)CC1. The summed E-state index contributed by atoms with van der Waals surface area (Å²) >= 11 is 0. The number of methoxy groups -OCH3 is 1. The molecule has 1 heterocycles. The van der Waals surface area contributed by atoms with E-state index in [1.165, 1.54) is 7.11 Å². The molecule has 0 bridgehead atoms. The van der Waals surface area contributed by atoms with E-state index in [-0.39, 0.29) is 17.8 Å². The molecular weight excluding hydrogens is 294 g/mol. The number of rotatable bonds is 5. The second kappa shape index (κ2) is 7.99. The molecule has 5 nitrogen and oxygen atoms in total. The van der Waals surface area contributed by atoms with E-state index in [0.717, 1.165) is 17.7 Å². The van der Waals surface area contributed by atoms with Gasteiger partial charge in [0, 0.05) is 13.1 Å². The molecule has 2 rings (SSSR count). The van der Waals surface area contributed by atoms with Gasteiger partial charge in [-0.15, -0.1) is 0 Å². The number of nitrogens with zero attached hydrogens (tertiary/aromatic N) is 1. The summed E-state index contributed by atoms with van der Waals surface area (Å²) in [5.74, 6) is 0.457. The predicted molar refractivity (Wildman–Crippen MR) is 87.2 cm³/mol. The van der Waals surface area contributed by atoms with Gasteiger partial charge in [0.05, 0.1) is 13.0 Å². The van der Waals surface area contributed by atoms with Gasteiger partial charge in [-0.3, -0.25) is 9.59 Å². The Morgan fingerprint density at radius 2 is 1.91 bits per heavy atom. The monoisotopic (exact) mass is 319 g/mol. The Morgan fingerprint density at radius 1 is 1.26 bits per heavy atom. The summed E-state index contributed by atoms with van der Waals surface area (Å²) in [6, 6.07) is 7.78. The molecule has 1 aliphatic rings. The van der Waals surface area contributed by atoms with Crippen LogP contribution in [-0.2, 0) is 20.7 Å². The third-order valence-electron chi connectivity index (χ3n) is 4.35. The first kappa shape index (κ1) is 17.3. The fourth-order valence-corrected chi connectivity index (χ4v) is 2.91. The molecule has 1 atom stereocenters. The Labute approximate surface area is 137 Å². The van der Waals surface area contributed by atoms with Crippen molar-refractivity contribution in [3.8, 4) is 5.75 Å². The largest absolute Gasteiger partial charge is 0.481 e. The lowest BCUT2D eigenvalue weighted by Crippen LogP contribution is -2.45. The summed E-state index contributed by atoms with van der Waals surface area (Å²) < 4.78 is 10.6. The van der Waals surface area contributed by atoms with Crippen molar-refractivity contribution in [1.29, 1.82) is 0 Å². The van der Waals surface area contributed by atoms with Crippen molar-refractivity contribution in [2.24, 2.45) is 5.92 Å². The van der Waals surface area contributed by atoms with E-state index < -0.39 is 6.10 Å². The summed E-state index contributed by atoms with van der Waals surface area (Å²) in [4.78, 5) is 25.8. The molecule has 0 unspecified atom stereocenters. The zero-order valence-corrected chi connectivity index (χ0v) is 14.1. The van der Waals surface area contributed by atoms with Gasteiger partial charge in [0.15, 0.2) is 6.10 Å². The maximum atomic E-state index is 12.5. The zero-order chi connectivity index (χ0) is 16.8. The van der Waals surface area contributed by atoms with Crippen LogP contribution in [0.1, 0.15) is 32.3 Å². The zero-order valence-electron chi connectivity index (χ0n) is 14.1. The number of benzene rings is 1. The number of esters is 1. The number of aryl methyl sites for hydroxylation is 1. The van der Waals surface area contributed by atoms with Crippen LogP contribution >= 0.6 is 0 Å². The summed E-state index contributed by atoms with van der Waals surface area (Å²) in [5.41, 5.74) is 1.09. The molecule has 0 aliphatic carbocycles. The minimum absolute atomic E-state index is 0.0285. The van der Waals surface area contributed by atoms with Crippen molar-refractivity contribution in [3.63, 3.8) is 0 Å². The van der Waals surface area contributed by atoms with Crippen LogP contribution in [0.4, 0.5) is 0 Å². The Bertz CT molecular complexity index is 550. The molecule has 126 valence electrons. The Morgan fingerprint density at radius 3 is 2.52 bits per heavy atom. The summed E-state index contributed by atoms with van der Waals surface area (Å²) in [6.07, 6.45) is 1.63. The molecule has 1 amide bonds. The smallest absolute Gasteiger partial charge is 0.308 e. The van der Waals surface area contributed by atoms with Crippen LogP contribution in [0, 0.1) is 5.92 Å². The van der Waals surface area contributed by atoms with Gasteiger partial charge in [-0.05, 0) is 37.8 Å². The molecule has 1 fully saturated rings. The molecular formula is C18H25NO4. The number of carbonyl (C=O) groups excluding carboxylic acids is 2. The third-order valence-corrected chi connectivity index (χ3v) is 4.35. The lowest BCUT2D eigenvalue weighted by molar-refractivity contribution is -0.150. The Hall–Kier alpha value is -2.04. The van der Waals surface area contributed by atoms with Gasteiger partial charge in [0.2, 0.25) is 0 Å². The summed E-state index contributed by atoms with van der Waals surface area (Å²) in [7, 11) is 1.40. The average molecular weight is 319 g/mol. The minimum atomic E-state index is -0.530. The molecule has 0 saturated carbocycles. The van der Waals surface area contributed by atoms with Crippen LogP contribution in [0.25, 0.3) is 0 Å². The van der Waals surface area contributed by atoms with Gasteiger partial charge in [0.1, 0.15) is 5.75 Å². The molecule has 0 spiro atoms. The van der Waals surface area contributed by atoms with E-state index in [4.69, 9.17) is 9.47 Å². The normalized spacial score (nSPS) is 16.7. The first-order chi connectivity index (χ1) is 11.1. The van der Waals surface area contributed by atoms with E-state index in [1.54, 1.807) is 11.8 Å². The Balaban J connectivity index is 1.92. The highest BCUT2D eigenvalue weighted by molar-refractivity contribution is 5.81. The number of hydrogen-bond donors (Lipinski definition) is 0. The summed E-state index contributed by atoms with van der Waals surface area (Å²) in [5, 5.41) is 0. The highest BCUT2D eigenvalue weighted by atomic mass is 16.5. The van der Waals surface area contributed by atoms with E-state index in [0.29, 0.717) is 25.9 Å². The fraction of sp³-hybridized carbons (Fsp3) is 0.556. The maximum absolute atomic E-state index is 12.5. The molecule has 1 aliphatic heterocycles. The van der Waals surface area contributed by atoms with Crippen molar-refractivity contribution in [2.75, 3.05) is 20.2 Å². The number of amides is 1. The number of para-hydroxylation sites is 1. The molecule has 1 aromatic rings. The van der Waals surface area contributed by atoms with Crippen molar-refractivity contribution in [3.05, 3.63) is 29.8 Å². The van der Waals surface area contributed by atoms with Gasteiger partial charge in [-0.25, -0.2) is 0 Å². The van der Waals surface area contributed by atoms with Crippen LogP contribution in [-0.4, -0.2) is 43.1 Å². The van der Waals surface area contributed by atoms with E-state index >= 15 is 0 Å². The highest BCUT2D eigenvalue weighted by Gasteiger charge is 2.30. The molecule has 0 aromatic heterocycles.